The van der Waals surface area contributed by atoms with Crippen LogP contribution in [0.4, 0.5) is 4.70 Å². The van der Waals surface area contributed by atoms with Crippen molar-refractivity contribution in [3.8, 4) is 0 Å². The molecule has 0 saturated carbocycles. The van der Waals surface area contributed by atoms with Gasteiger partial charge in [-0.1, -0.05) is 0 Å². The second kappa shape index (κ2) is 9.51. The van der Waals surface area contributed by atoms with Crippen LogP contribution in [-0.4, -0.2) is 56.7 Å². The van der Waals surface area contributed by atoms with Gasteiger partial charge in [0.1, 0.15) is 18.3 Å². The third-order valence-corrected chi connectivity index (χ3v) is 2.89. The molecule has 1 aromatic heterocycles. The molecule has 128 valence electrons. The Hall–Kier alpha value is -1.49. The van der Waals surface area contributed by atoms with Crippen molar-refractivity contribution in [1.29, 1.82) is 0 Å². The molecule has 4 N–H and O–H groups in total. The number of H-pyrrole nitrogens is 1. The van der Waals surface area contributed by atoms with Gasteiger partial charge in [-0.25, -0.2) is 9.36 Å². The van der Waals surface area contributed by atoms with Crippen LogP contribution in [0.2, 0.25) is 0 Å². The zero-order chi connectivity index (χ0) is 16.0. The lowest BCUT2D eigenvalue weighted by molar-refractivity contribution is -0.0625. The summed E-state index contributed by atoms with van der Waals surface area (Å²) in [6, 6.07) is 1.16. The van der Waals surface area contributed by atoms with E-state index >= 15 is 0 Å². The summed E-state index contributed by atoms with van der Waals surface area (Å²) >= 11 is 0. The Morgan fingerprint density at radius 3 is 2.59 bits per heavy atom. The first kappa shape index (κ1) is 20.5. The van der Waals surface area contributed by atoms with Gasteiger partial charge in [-0.3, -0.25) is 19.1 Å². The minimum atomic E-state index is -1.05. The SMILES string of the molecule is COC1C(n2ccc(=O)[nH]c2=O)OC(CO)[C@@H]1O.F.O=PO.[HH]. The lowest BCUT2D eigenvalue weighted by Crippen LogP contribution is -2.38. The van der Waals surface area contributed by atoms with Crippen molar-refractivity contribution in [1.82, 2.24) is 9.55 Å². The monoisotopic (exact) mass is 344 g/mol. The Labute approximate surface area is 126 Å². The topological polar surface area (TPSA) is 151 Å². The van der Waals surface area contributed by atoms with Crippen molar-refractivity contribution in [2.75, 3.05) is 13.7 Å². The summed E-state index contributed by atoms with van der Waals surface area (Å²) in [4.78, 5) is 31.6. The molecule has 2 rings (SSSR count). The van der Waals surface area contributed by atoms with Crippen molar-refractivity contribution in [3.05, 3.63) is 33.1 Å². The van der Waals surface area contributed by atoms with E-state index in [-0.39, 0.29) is 6.13 Å². The molecule has 0 aromatic carbocycles. The van der Waals surface area contributed by atoms with Crippen LogP contribution in [0.25, 0.3) is 0 Å². The summed E-state index contributed by atoms with van der Waals surface area (Å²) in [6.45, 7) is -0.393. The molecule has 1 aromatic rings. The fraction of sp³-hybridized carbons (Fsp3) is 0.600. The van der Waals surface area contributed by atoms with E-state index in [4.69, 9.17) is 24.0 Å². The van der Waals surface area contributed by atoms with Crippen LogP contribution in [0.15, 0.2) is 21.9 Å². The zero-order valence-corrected chi connectivity index (χ0v) is 12.3. The van der Waals surface area contributed by atoms with Crippen LogP contribution in [0.1, 0.15) is 7.65 Å². The molecule has 1 saturated heterocycles. The molecule has 0 amide bonds. The highest BCUT2D eigenvalue weighted by Gasteiger charge is 2.45. The van der Waals surface area contributed by atoms with Crippen molar-refractivity contribution >= 4 is 8.69 Å². The number of aromatic amines is 1. The van der Waals surface area contributed by atoms with Crippen LogP contribution in [0.5, 0.6) is 0 Å². The first-order valence-corrected chi connectivity index (χ1v) is 6.52. The first-order chi connectivity index (χ1) is 9.99. The number of ether oxygens (including phenoxy) is 2. The van der Waals surface area contributed by atoms with Gasteiger partial charge >= 0.3 is 14.4 Å². The van der Waals surface area contributed by atoms with E-state index in [9.17, 15) is 14.7 Å². The standard InChI is InChI=1S/C10H14N2O6.FH.HO2P.H2/c1-17-8-7(15)5(4-13)18-9(8)12-3-2-6(14)11-10(12)16;;1-3-2;/h2-3,5,7-9,13,15H,4H2,1H3,(H,11,14,16);1H;(H,1,2);1H/t5?,7-,8?,9?;;;/m0.../s1. The van der Waals surface area contributed by atoms with Crippen molar-refractivity contribution in [2.45, 2.75) is 24.5 Å². The highest BCUT2D eigenvalue weighted by Crippen LogP contribution is 2.29. The van der Waals surface area contributed by atoms with E-state index in [1.165, 1.54) is 13.3 Å². The number of aromatic nitrogens is 2. The third-order valence-electron chi connectivity index (χ3n) is 2.89. The molecule has 2 heterocycles. The van der Waals surface area contributed by atoms with Gasteiger partial charge in [-0.2, -0.15) is 0 Å². The van der Waals surface area contributed by atoms with E-state index < -0.39 is 51.1 Å². The molecule has 0 bridgehead atoms. The molecule has 0 radical (unpaired) electrons. The number of methoxy groups -OCH3 is 1. The minimum Gasteiger partial charge on any atom is -0.394 e. The summed E-state index contributed by atoms with van der Waals surface area (Å²) in [5.74, 6) is 0. The normalized spacial score (nSPS) is 26.9. The lowest BCUT2D eigenvalue weighted by atomic mass is 10.1. The van der Waals surface area contributed by atoms with E-state index in [1.807, 2.05) is 0 Å². The smallest absolute Gasteiger partial charge is 0.330 e. The van der Waals surface area contributed by atoms with Crippen molar-refractivity contribution < 1.29 is 35.3 Å². The number of hydrogen-bond donors (Lipinski definition) is 4. The van der Waals surface area contributed by atoms with Gasteiger partial charge in [0.15, 0.2) is 6.23 Å². The molecule has 10 nitrogen and oxygen atoms in total. The molecule has 0 spiro atoms. The number of aliphatic hydroxyl groups excluding tert-OH is 2. The zero-order valence-electron chi connectivity index (χ0n) is 11.4. The van der Waals surface area contributed by atoms with E-state index in [0.717, 1.165) is 10.6 Å². The van der Waals surface area contributed by atoms with Gasteiger partial charge in [0.2, 0.25) is 0 Å². The van der Waals surface area contributed by atoms with E-state index in [0.29, 0.717) is 0 Å². The van der Waals surface area contributed by atoms with Crippen molar-refractivity contribution in [2.24, 2.45) is 0 Å². The predicted octanol–water partition coefficient (Wildman–Crippen LogP) is -1.61. The number of rotatable bonds is 3. The summed E-state index contributed by atoms with van der Waals surface area (Å²) in [6.07, 6.45) is -2.33. The van der Waals surface area contributed by atoms with Crippen LogP contribution in [0.3, 0.4) is 0 Å². The number of hydrogen-bond acceptors (Lipinski definition) is 7. The fourth-order valence-corrected chi connectivity index (χ4v) is 1.98. The number of halogens is 1. The van der Waals surface area contributed by atoms with Crippen molar-refractivity contribution in [3.63, 3.8) is 0 Å². The predicted molar refractivity (Wildman–Crippen MR) is 73.6 cm³/mol. The fourth-order valence-electron chi connectivity index (χ4n) is 1.98. The van der Waals surface area contributed by atoms with Crippen LogP contribution in [-0.2, 0) is 14.0 Å². The number of nitrogens with zero attached hydrogens (tertiary/aromatic N) is 1. The van der Waals surface area contributed by atoms with Crippen LogP contribution < -0.4 is 11.2 Å². The Morgan fingerprint density at radius 2 is 2.14 bits per heavy atom. The highest BCUT2D eigenvalue weighted by molar-refractivity contribution is 7.16. The molecule has 22 heavy (non-hydrogen) atoms. The quantitative estimate of drug-likeness (QED) is 0.478. The average Bonchev–Trinajstić information content (AvgIpc) is 2.75. The van der Waals surface area contributed by atoms with Crippen LogP contribution >= 0.6 is 8.69 Å². The van der Waals surface area contributed by atoms with Gasteiger partial charge in [-0.05, 0) is 0 Å². The summed E-state index contributed by atoms with van der Waals surface area (Å²) in [7, 11) is 0.528. The van der Waals surface area contributed by atoms with Gasteiger partial charge in [0.25, 0.3) is 5.56 Å². The Morgan fingerprint density at radius 1 is 1.55 bits per heavy atom. The summed E-state index contributed by atoms with van der Waals surface area (Å²) < 4.78 is 20.0. The van der Waals surface area contributed by atoms with E-state index in [1.54, 1.807) is 0 Å². The number of nitrogens with one attached hydrogen (secondary N) is 1. The largest absolute Gasteiger partial charge is 0.394 e. The summed E-state index contributed by atoms with van der Waals surface area (Å²) in [5.41, 5.74) is -1.19. The maximum Gasteiger partial charge on any atom is 0.330 e. The van der Waals surface area contributed by atoms with E-state index in [2.05, 4.69) is 4.98 Å². The Bertz CT molecular complexity index is 584. The lowest BCUT2D eigenvalue weighted by Gasteiger charge is -2.19. The molecule has 1 fully saturated rings. The molecule has 12 heteroatoms. The second-order valence-corrected chi connectivity index (χ2v) is 4.20. The van der Waals surface area contributed by atoms with Gasteiger partial charge in [0.05, 0.1) is 6.61 Å². The number of aliphatic hydroxyl groups is 2. The molecular formula is C10H18FN2O8P. The van der Waals surface area contributed by atoms with Gasteiger partial charge in [0, 0.05) is 20.8 Å². The Kier molecular flexibility index (Phi) is 8.87. The van der Waals surface area contributed by atoms with Gasteiger partial charge in [-0.15, -0.1) is 0 Å². The van der Waals surface area contributed by atoms with Crippen LogP contribution in [0, 0.1) is 0 Å². The average molecular weight is 344 g/mol. The molecule has 1 aliphatic heterocycles. The Balaban J connectivity index is 0. The van der Waals surface area contributed by atoms with Gasteiger partial charge < -0.3 is 24.6 Å². The maximum atomic E-state index is 11.6. The highest BCUT2D eigenvalue weighted by atomic mass is 31.1. The molecule has 4 atom stereocenters. The molecule has 0 aliphatic carbocycles. The summed E-state index contributed by atoms with van der Waals surface area (Å²) in [5, 5.41) is 18.9. The maximum absolute atomic E-state index is 11.6. The molecular weight excluding hydrogens is 326 g/mol. The molecule has 1 aliphatic rings. The third kappa shape index (κ3) is 4.50. The molecule has 3 unspecified atom stereocenters. The minimum absolute atomic E-state index is 0. The first-order valence-electron chi connectivity index (χ1n) is 5.75. The second-order valence-electron chi connectivity index (χ2n) is 4.04.